The third kappa shape index (κ3) is 6.04. The molecule has 21 heavy (non-hydrogen) atoms. The summed E-state index contributed by atoms with van der Waals surface area (Å²) >= 11 is 5.79. The van der Waals surface area contributed by atoms with Crippen LogP contribution in [0.2, 0.25) is 5.02 Å². The summed E-state index contributed by atoms with van der Waals surface area (Å²) in [5, 5.41) is 21.4. The number of aromatic hydroxyl groups is 1. The number of halogens is 1. The van der Waals surface area contributed by atoms with E-state index in [0.29, 0.717) is 24.4 Å². The van der Waals surface area contributed by atoms with Gasteiger partial charge in [-0.1, -0.05) is 24.9 Å². The molecule has 5 nitrogen and oxygen atoms in total. The zero-order chi connectivity index (χ0) is 15.8. The van der Waals surface area contributed by atoms with Crippen molar-refractivity contribution in [1.82, 2.24) is 5.32 Å². The van der Waals surface area contributed by atoms with Crippen LogP contribution in [-0.4, -0.2) is 28.6 Å². The summed E-state index contributed by atoms with van der Waals surface area (Å²) in [5.74, 6) is -1.05. The lowest BCUT2D eigenvalue weighted by Gasteiger charge is -2.14. The average molecular weight is 314 g/mol. The fraction of sp³-hybridized carbons (Fsp3) is 0.467. The van der Waals surface area contributed by atoms with Gasteiger partial charge in [0.15, 0.2) is 0 Å². The third-order valence-electron chi connectivity index (χ3n) is 3.39. The molecule has 0 aliphatic heterocycles. The van der Waals surface area contributed by atoms with Crippen molar-refractivity contribution in [3.8, 4) is 5.75 Å². The number of rotatable bonds is 8. The quantitative estimate of drug-likeness (QED) is 0.688. The van der Waals surface area contributed by atoms with Crippen molar-refractivity contribution < 1.29 is 19.8 Å². The molecule has 0 bridgehead atoms. The van der Waals surface area contributed by atoms with Crippen LogP contribution in [0.5, 0.6) is 5.75 Å². The van der Waals surface area contributed by atoms with E-state index in [1.807, 2.05) is 6.92 Å². The molecule has 6 heteroatoms. The van der Waals surface area contributed by atoms with Gasteiger partial charge in [-0.3, -0.25) is 9.59 Å². The number of hydrogen-bond acceptors (Lipinski definition) is 3. The number of benzene rings is 1. The molecular weight excluding hydrogens is 294 g/mol. The highest BCUT2D eigenvalue weighted by Gasteiger charge is 2.13. The van der Waals surface area contributed by atoms with Crippen LogP contribution in [0.3, 0.4) is 0 Å². The lowest BCUT2D eigenvalue weighted by Crippen LogP contribution is -2.26. The number of phenolic OH excluding ortho intramolecular Hbond substituents is 1. The average Bonchev–Trinajstić information content (AvgIpc) is 2.44. The Labute approximate surface area is 128 Å². The fourth-order valence-electron chi connectivity index (χ4n) is 2.06. The molecule has 0 heterocycles. The molecule has 0 saturated carbocycles. The largest absolute Gasteiger partial charge is 0.507 e. The first-order valence-corrected chi connectivity index (χ1v) is 7.30. The molecule has 1 amide bonds. The number of amides is 1. The van der Waals surface area contributed by atoms with Gasteiger partial charge in [0, 0.05) is 18.0 Å². The molecule has 0 radical (unpaired) electrons. The van der Waals surface area contributed by atoms with Gasteiger partial charge in [0.25, 0.3) is 5.91 Å². The Morgan fingerprint density at radius 3 is 2.67 bits per heavy atom. The van der Waals surface area contributed by atoms with Crippen molar-refractivity contribution >= 4 is 23.5 Å². The summed E-state index contributed by atoms with van der Waals surface area (Å²) < 4.78 is 0. The van der Waals surface area contributed by atoms with Crippen LogP contribution in [0.25, 0.3) is 0 Å². The molecule has 0 aromatic heterocycles. The van der Waals surface area contributed by atoms with Crippen LogP contribution in [0.1, 0.15) is 43.0 Å². The Bertz CT molecular complexity index is 504. The third-order valence-corrected chi connectivity index (χ3v) is 3.62. The second-order valence-electron chi connectivity index (χ2n) is 4.91. The minimum absolute atomic E-state index is 0.116. The standard InChI is InChI=1S/C15H20ClNO4/c1-2-10(3-6-14(19)20)7-8-17-15(21)12-9-11(16)4-5-13(12)18/h4-5,9-10,18H,2-3,6-8H2,1H3,(H,17,21)(H,19,20). The lowest BCUT2D eigenvalue weighted by molar-refractivity contribution is -0.137. The number of hydrogen-bond donors (Lipinski definition) is 3. The van der Waals surface area contributed by atoms with E-state index in [9.17, 15) is 14.7 Å². The van der Waals surface area contributed by atoms with Gasteiger partial charge in [0.1, 0.15) is 5.75 Å². The molecular formula is C15H20ClNO4. The Morgan fingerprint density at radius 2 is 2.05 bits per heavy atom. The smallest absolute Gasteiger partial charge is 0.303 e. The summed E-state index contributed by atoms with van der Waals surface area (Å²) in [6.07, 6.45) is 2.31. The van der Waals surface area contributed by atoms with E-state index in [4.69, 9.17) is 16.7 Å². The van der Waals surface area contributed by atoms with E-state index in [2.05, 4.69) is 5.32 Å². The monoisotopic (exact) mass is 313 g/mol. The number of carbonyl (C=O) groups is 2. The lowest BCUT2D eigenvalue weighted by atomic mass is 9.96. The van der Waals surface area contributed by atoms with Gasteiger partial charge in [-0.05, 0) is 37.0 Å². The summed E-state index contributed by atoms with van der Waals surface area (Å²) in [4.78, 5) is 22.5. The van der Waals surface area contributed by atoms with E-state index >= 15 is 0 Å². The number of carbonyl (C=O) groups excluding carboxylic acids is 1. The molecule has 116 valence electrons. The van der Waals surface area contributed by atoms with Crippen LogP contribution < -0.4 is 5.32 Å². The molecule has 1 unspecified atom stereocenters. The maximum absolute atomic E-state index is 11.9. The van der Waals surface area contributed by atoms with Gasteiger partial charge in [-0.2, -0.15) is 0 Å². The predicted molar refractivity (Wildman–Crippen MR) is 80.7 cm³/mol. The van der Waals surface area contributed by atoms with Gasteiger partial charge in [0.05, 0.1) is 5.56 Å². The van der Waals surface area contributed by atoms with Crippen molar-refractivity contribution in [1.29, 1.82) is 0 Å². The molecule has 1 aromatic carbocycles. The normalized spacial score (nSPS) is 11.9. The fourth-order valence-corrected chi connectivity index (χ4v) is 2.23. The van der Waals surface area contributed by atoms with Gasteiger partial charge in [-0.15, -0.1) is 0 Å². The Hall–Kier alpha value is -1.75. The molecule has 1 atom stereocenters. The first-order chi connectivity index (χ1) is 9.93. The Kier molecular flexibility index (Phi) is 7.02. The highest BCUT2D eigenvalue weighted by Crippen LogP contribution is 2.21. The first-order valence-electron chi connectivity index (χ1n) is 6.92. The molecule has 0 saturated heterocycles. The minimum atomic E-state index is -0.804. The van der Waals surface area contributed by atoms with Crippen LogP contribution in [0.15, 0.2) is 18.2 Å². The number of aliphatic carboxylic acids is 1. The van der Waals surface area contributed by atoms with E-state index in [1.54, 1.807) is 0 Å². The molecule has 1 rings (SSSR count). The van der Waals surface area contributed by atoms with Crippen molar-refractivity contribution in [2.45, 2.75) is 32.6 Å². The number of carboxylic acid groups (broad SMARTS) is 1. The van der Waals surface area contributed by atoms with Gasteiger partial charge in [-0.25, -0.2) is 0 Å². The minimum Gasteiger partial charge on any atom is -0.507 e. The summed E-state index contributed by atoms with van der Waals surface area (Å²) in [6, 6.07) is 4.29. The second-order valence-corrected chi connectivity index (χ2v) is 5.35. The van der Waals surface area contributed by atoms with Crippen molar-refractivity contribution in [3.63, 3.8) is 0 Å². The summed E-state index contributed by atoms with van der Waals surface area (Å²) in [5.41, 5.74) is 0.140. The van der Waals surface area contributed by atoms with Crippen LogP contribution in [-0.2, 0) is 4.79 Å². The van der Waals surface area contributed by atoms with Gasteiger partial charge >= 0.3 is 5.97 Å². The maximum Gasteiger partial charge on any atom is 0.303 e. The molecule has 0 aliphatic rings. The zero-order valence-corrected chi connectivity index (χ0v) is 12.7. The van der Waals surface area contributed by atoms with Crippen LogP contribution in [0, 0.1) is 5.92 Å². The highest BCUT2D eigenvalue weighted by atomic mass is 35.5. The van der Waals surface area contributed by atoms with E-state index < -0.39 is 5.97 Å². The maximum atomic E-state index is 11.9. The number of nitrogens with one attached hydrogen (secondary N) is 1. The van der Waals surface area contributed by atoms with Crippen LogP contribution >= 0.6 is 11.6 Å². The predicted octanol–water partition coefficient (Wildman–Crippen LogP) is 3.06. The van der Waals surface area contributed by atoms with Crippen LogP contribution in [0.4, 0.5) is 0 Å². The van der Waals surface area contributed by atoms with Gasteiger partial charge < -0.3 is 15.5 Å². The molecule has 0 fully saturated rings. The highest BCUT2D eigenvalue weighted by molar-refractivity contribution is 6.31. The van der Waals surface area contributed by atoms with Crippen molar-refractivity contribution in [3.05, 3.63) is 28.8 Å². The summed E-state index contributed by atoms with van der Waals surface area (Å²) in [7, 11) is 0. The van der Waals surface area contributed by atoms with Gasteiger partial charge in [0.2, 0.25) is 0 Å². The number of carboxylic acids is 1. The SMILES string of the molecule is CCC(CCNC(=O)c1cc(Cl)ccc1O)CCC(=O)O. The topological polar surface area (TPSA) is 86.6 Å². The van der Waals surface area contributed by atoms with E-state index in [-0.39, 0.29) is 29.6 Å². The molecule has 3 N–H and O–H groups in total. The molecule has 1 aromatic rings. The number of phenols is 1. The zero-order valence-electron chi connectivity index (χ0n) is 11.9. The van der Waals surface area contributed by atoms with Crippen molar-refractivity contribution in [2.75, 3.05) is 6.54 Å². The van der Waals surface area contributed by atoms with E-state index in [0.717, 1.165) is 6.42 Å². The molecule has 0 aliphatic carbocycles. The first kappa shape index (κ1) is 17.3. The Morgan fingerprint density at radius 1 is 1.33 bits per heavy atom. The summed E-state index contributed by atoms with van der Waals surface area (Å²) in [6.45, 7) is 2.43. The molecule has 0 spiro atoms. The Balaban J connectivity index is 2.45. The van der Waals surface area contributed by atoms with E-state index in [1.165, 1.54) is 18.2 Å². The van der Waals surface area contributed by atoms with Crippen molar-refractivity contribution in [2.24, 2.45) is 5.92 Å². The second kappa shape index (κ2) is 8.52.